The molecule has 0 aliphatic heterocycles. The van der Waals surface area contributed by atoms with Gasteiger partial charge in [0.1, 0.15) is 5.75 Å². The summed E-state index contributed by atoms with van der Waals surface area (Å²) in [6, 6.07) is 11.8. The van der Waals surface area contributed by atoms with Gasteiger partial charge in [0.2, 0.25) is 0 Å². The zero-order valence-corrected chi connectivity index (χ0v) is 14.2. The molecule has 0 heterocycles. The number of para-hydroxylation sites is 1. The van der Waals surface area contributed by atoms with Crippen molar-refractivity contribution in [2.45, 2.75) is 19.2 Å². The van der Waals surface area contributed by atoms with Crippen molar-refractivity contribution in [3.63, 3.8) is 0 Å². The second-order valence-electron chi connectivity index (χ2n) is 4.75. The number of ether oxygens (including phenoxy) is 1. The topological polar surface area (TPSA) is 38.3 Å². The second kappa shape index (κ2) is 7.20. The lowest BCUT2D eigenvalue weighted by Crippen LogP contribution is -2.31. The zero-order valence-electron chi connectivity index (χ0n) is 12.0. The minimum Gasteiger partial charge on any atom is -0.481 e. The van der Waals surface area contributed by atoms with Crippen LogP contribution in [0, 0.1) is 3.57 Å². The quantitative estimate of drug-likeness (QED) is 0.707. The first-order valence-corrected chi connectivity index (χ1v) is 7.74. The van der Waals surface area contributed by atoms with Gasteiger partial charge in [0.25, 0.3) is 5.91 Å². The van der Waals surface area contributed by atoms with Crippen molar-refractivity contribution in [2.24, 2.45) is 0 Å². The lowest BCUT2D eigenvalue weighted by molar-refractivity contribution is -0.137. The molecule has 1 amide bonds. The highest BCUT2D eigenvalue weighted by Crippen LogP contribution is 2.34. The first-order valence-electron chi connectivity index (χ1n) is 6.66. The molecule has 0 fully saturated rings. The van der Waals surface area contributed by atoms with Crippen molar-refractivity contribution >= 4 is 34.2 Å². The highest BCUT2D eigenvalue weighted by atomic mass is 127. The lowest BCUT2D eigenvalue weighted by atomic mass is 10.1. The average molecular weight is 435 g/mol. The minimum atomic E-state index is -4.54. The fourth-order valence-corrected chi connectivity index (χ4v) is 2.39. The molecular formula is C16H13F3INO2. The fourth-order valence-electron chi connectivity index (χ4n) is 1.87. The van der Waals surface area contributed by atoms with E-state index < -0.39 is 23.8 Å². The van der Waals surface area contributed by atoms with E-state index in [4.69, 9.17) is 4.74 Å². The number of anilines is 1. The Labute approximate surface area is 145 Å². The summed E-state index contributed by atoms with van der Waals surface area (Å²) in [5, 5.41) is 2.27. The number of hydrogen-bond donors (Lipinski definition) is 1. The lowest BCUT2D eigenvalue weighted by Gasteiger charge is -2.17. The highest BCUT2D eigenvalue weighted by Gasteiger charge is 2.34. The molecule has 2 aromatic rings. The van der Waals surface area contributed by atoms with E-state index in [0.29, 0.717) is 5.75 Å². The Morgan fingerprint density at radius 2 is 1.87 bits per heavy atom. The van der Waals surface area contributed by atoms with E-state index in [-0.39, 0.29) is 5.69 Å². The molecule has 2 rings (SSSR count). The Morgan fingerprint density at radius 3 is 2.52 bits per heavy atom. The van der Waals surface area contributed by atoms with Gasteiger partial charge < -0.3 is 10.1 Å². The monoisotopic (exact) mass is 435 g/mol. The number of carbonyl (C=O) groups excluding carboxylic acids is 1. The van der Waals surface area contributed by atoms with Crippen LogP contribution in [0.15, 0.2) is 48.5 Å². The number of alkyl halides is 3. The van der Waals surface area contributed by atoms with Gasteiger partial charge in [-0.2, -0.15) is 13.2 Å². The first-order chi connectivity index (χ1) is 10.8. The van der Waals surface area contributed by atoms with Gasteiger partial charge in [0, 0.05) is 3.57 Å². The molecular weight excluding hydrogens is 422 g/mol. The van der Waals surface area contributed by atoms with Crippen LogP contribution >= 0.6 is 22.6 Å². The predicted octanol–water partition coefficient (Wildman–Crippen LogP) is 4.72. The maximum atomic E-state index is 12.9. The Morgan fingerprint density at radius 1 is 1.17 bits per heavy atom. The molecule has 122 valence electrons. The van der Waals surface area contributed by atoms with Crippen molar-refractivity contribution < 1.29 is 22.7 Å². The van der Waals surface area contributed by atoms with E-state index in [1.807, 2.05) is 6.07 Å². The van der Waals surface area contributed by atoms with Crippen LogP contribution in [-0.2, 0) is 11.0 Å². The maximum Gasteiger partial charge on any atom is 0.418 e. The number of carbonyl (C=O) groups is 1. The second-order valence-corrected chi connectivity index (χ2v) is 6.00. The molecule has 0 spiro atoms. The van der Waals surface area contributed by atoms with Gasteiger partial charge in [-0.05, 0) is 59.8 Å². The van der Waals surface area contributed by atoms with E-state index in [1.54, 1.807) is 18.2 Å². The summed E-state index contributed by atoms with van der Waals surface area (Å²) >= 11 is 2.10. The highest BCUT2D eigenvalue weighted by molar-refractivity contribution is 14.1. The van der Waals surface area contributed by atoms with Crippen LogP contribution in [0.4, 0.5) is 18.9 Å². The third kappa shape index (κ3) is 4.85. The van der Waals surface area contributed by atoms with Gasteiger partial charge in [-0.25, -0.2) is 0 Å². The van der Waals surface area contributed by atoms with Gasteiger partial charge in [0.15, 0.2) is 6.10 Å². The van der Waals surface area contributed by atoms with Gasteiger partial charge in [-0.15, -0.1) is 0 Å². The summed E-state index contributed by atoms with van der Waals surface area (Å²) in [6.07, 6.45) is -5.47. The number of nitrogens with one attached hydrogen (secondary N) is 1. The standard InChI is InChI=1S/C16H13F3INO2/c1-10(23-12-6-4-5-11(20)9-12)15(22)21-14-8-3-2-7-13(14)16(17,18)19/h2-10H,1H3,(H,21,22). The average Bonchev–Trinajstić information content (AvgIpc) is 2.46. The Balaban J connectivity index is 2.10. The van der Waals surface area contributed by atoms with E-state index >= 15 is 0 Å². The van der Waals surface area contributed by atoms with Crippen molar-refractivity contribution in [1.82, 2.24) is 0 Å². The molecule has 0 aliphatic carbocycles. The van der Waals surface area contributed by atoms with Crippen LogP contribution in [0.2, 0.25) is 0 Å². The number of halogens is 4. The number of amides is 1. The smallest absolute Gasteiger partial charge is 0.418 e. The molecule has 2 aromatic carbocycles. The molecule has 3 nitrogen and oxygen atoms in total. The molecule has 0 aromatic heterocycles. The van der Waals surface area contributed by atoms with Gasteiger partial charge >= 0.3 is 6.18 Å². The molecule has 23 heavy (non-hydrogen) atoms. The summed E-state index contributed by atoms with van der Waals surface area (Å²) in [6.45, 7) is 1.48. The van der Waals surface area contributed by atoms with E-state index in [0.717, 1.165) is 9.64 Å². The molecule has 0 aliphatic rings. The summed E-state index contributed by atoms with van der Waals surface area (Å²) in [4.78, 5) is 12.1. The van der Waals surface area contributed by atoms with Gasteiger partial charge in [0.05, 0.1) is 11.3 Å². The minimum absolute atomic E-state index is 0.289. The number of rotatable bonds is 4. The van der Waals surface area contributed by atoms with Crippen molar-refractivity contribution in [2.75, 3.05) is 5.32 Å². The maximum absolute atomic E-state index is 12.9. The number of hydrogen-bond acceptors (Lipinski definition) is 2. The Kier molecular flexibility index (Phi) is 5.51. The summed E-state index contributed by atoms with van der Waals surface area (Å²) in [5.74, 6) is -0.177. The normalized spacial score (nSPS) is 12.6. The van der Waals surface area contributed by atoms with Crippen LogP contribution < -0.4 is 10.1 Å². The van der Waals surface area contributed by atoms with Gasteiger partial charge in [-0.3, -0.25) is 4.79 Å². The van der Waals surface area contributed by atoms with E-state index in [1.165, 1.54) is 25.1 Å². The summed E-state index contributed by atoms with van der Waals surface area (Å²) < 4.78 is 45.1. The van der Waals surface area contributed by atoms with Crippen molar-refractivity contribution in [3.8, 4) is 5.75 Å². The van der Waals surface area contributed by atoms with Crippen LogP contribution in [-0.4, -0.2) is 12.0 Å². The molecule has 7 heteroatoms. The Hall–Kier alpha value is -1.77. The molecule has 1 unspecified atom stereocenters. The van der Waals surface area contributed by atoms with Crippen LogP contribution in [0.5, 0.6) is 5.75 Å². The summed E-state index contributed by atoms with van der Waals surface area (Å²) in [7, 11) is 0. The molecule has 1 N–H and O–H groups in total. The van der Waals surface area contributed by atoms with E-state index in [2.05, 4.69) is 27.9 Å². The van der Waals surface area contributed by atoms with Crippen LogP contribution in [0.25, 0.3) is 0 Å². The molecule has 0 saturated heterocycles. The number of benzene rings is 2. The first kappa shape index (κ1) is 17.6. The fraction of sp³-hybridized carbons (Fsp3) is 0.188. The van der Waals surface area contributed by atoms with Crippen LogP contribution in [0.1, 0.15) is 12.5 Å². The van der Waals surface area contributed by atoms with Crippen molar-refractivity contribution in [1.29, 1.82) is 0 Å². The largest absolute Gasteiger partial charge is 0.481 e. The molecule has 0 saturated carbocycles. The third-order valence-corrected chi connectivity index (χ3v) is 3.64. The van der Waals surface area contributed by atoms with Crippen LogP contribution in [0.3, 0.4) is 0 Å². The molecule has 1 atom stereocenters. The third-order valence-electron chi connectivity index (χ3n) is 2.97. The zero-order chi connectivity index (χ0) is 17.0. The molecule has 0 radical (unpaired) electrons. The Bertz CT molecular complexity index is 704. The van der Waals surface area contributed by atoms with Gasteiger partial charge in [-0.1, -0.05) is 18.2 Å². The van der Waals surface area contributed by atoms with E-state index in [9.17, 15) is 18.0 Å². The van der Waals surface area contributed by atoms with Crippen molar-refractivity contribution in [3.05, 3.63) is 57.7 Å². The molecule has 0 bridgehead atoms. The SMILES string of the molecule is CC(Oc1cccc(I)c1)C(=O)Nc1ccccc1C(F)(F)F. The predicted molar refractivity (Wildman–Crippen MR) is 89.3 cm³/mol. The summed E-state index contributed by atoms with van der Waals surface area (Å²) in [5.41, 5.74) is -1.18.